The highest BCUT2D eigenvalue weighted by Gasteiger charge is 2.16. The minimum atomic E-state index is -0.625. The third-order valence-corrected chi connectivity index (χ3v) is 2.14. The molecule has 0 heterocycles. The van der Waals surface area contributed by atoms with Gasteiger partial charge in [-0.2, -0.15) is 5.26 Å². The van der Waals surface area contributed by atoms with Crippen LogP contribution < -0.4 is 0 Å². The molecule has 0 N–H and O–H groups in total. The number of halogens is 1. The normalized spacial score (nSPS) is 9.29. The Balaban J connectivity index is 3.42. The van der Waals surface area contributed by atoms with Gasteiger partial charge in [0.05, 0.1) is 23.3 Å². The standard InChI is InChI=1S/C9H6ClNO2S/c1-13-9(12)8-5(4-11)2-6(14)3-7(8)10/h2-3,14H,1H3. The summed E-state index contributed by atoms with van der Waals surface area (Å²) in [5.74, 6) is -0.625. The molecule has 1 rings (SSSR count). The number of esters is 1. The Kier molecular flexibility index (Phi) is 3.39. The van der Waals surface area contributed by atoms with Gasteiger partial charge in [0.25, 0.3) is 0 Å². The van der Waals surface area contributed by atoms with E-state index >= 15 is 0 Å². The summed E-state index contributed by atoms with van der Waals surface area (Å²) in [6, 6.07) is 4.80. The van der Waals surface area contributed by atoms with E-state index in [9.17, 15) is 4.79 Å². The zero-order valence-electron chi connectivity index (χ0n) is 7.24. The van der Waals surface area contributed by atoms with Crippen molar-refractivity contribution in [1.29, 1.82) is 5.26 Å². The summed E-state index contributed by atoms with van der Waals surface area (Å²) in [4.78, 5) is 11.8. The SMILES string of the molecule is COC(=O)c1c(Cl)cc(S)cc1C#N. The lowest BCUT2D eigenvalue weighted by molar-refractivity contribution is 0.0600. The van der Waals surface area contributed by atoms with Gasteiger partial charge >= 0.3 is 5.97 Å². The molecule has 0 fully saturated rings. The molecule has 0 spiro atoms. The largest absolute Gasteiger partial charge is 0.465 e. The fourth-order valence-electron chi connectivity index (χ4n) is 0.990. The van der Waals surface area contributed by atoms with Crippen LogP contribution in [0.3, 0.4) is 0 Å². The number of carbonyl (C=O) groups is 1. The molecule has 0 atom stereocenters. The number of hydrogen-bond acceptors (Lipinski definition) is 4. The predicted molar refractivity (Wildman–Crippen MR) is 54.8 cm³/mol. The van der Waals surface area contributed by atoms with Crippen LogP contribution in [-0.2, 0) is 4.74 Å². The van der Waals surface area contributed by atoms with Crippen LogP contribution >= 0.6 is 24.2 Å². The molecule has 0 saturated heterocycles. The second-order valence-corrected chi connectivity index (χ2v) is 3.38. The van der Waals surface area contributed by atoms with Crippen molar-refractivity contribution in [3.63, 3.8) is 0 Å². The number of nitrogens with zero attached hydrogens (tertiary/aromatic N) is 1. The lowest BCUT2D eigenvalue weighted by atomic mass is 10.1. The summed E-state index contributed by atoms with van der Waals surface area (Å²) >= 11 is 9.82. The fraction of sp³-hybridized carbons (Fsp3) is 0.111. The Labute approximate surface area is 91.7 Å². The Bertz CT molecular complexity index is 426. The van der Waals surface area contributed by atoms with E-state index in [0.717, 1.165) is 0 Å². The first-order valence-electron chi connectivity index (χ1n) is 3.61. The highest BCUT2D eigenvalue weighted by molar-refractivity contribution is 7.80. The van der Waals surface area contributed by atoms with Crippen LogP contribution in [0.1, 0.15) is 15.9 Å². The van der Waals surface area contributed by atoms with Gasteiger partial charge in [0.1, 0.15) is 6.07 Å². The van der Waals surface area contributed by atoms with Crippen molar-refractivity contribution in [2.75, 3.05) is 7.11 Å². The molecule has 14 heavy (non-hydrogen) atoms. The molecular weight excluding hydrogens is 222 g/mol. The number of hydrogen-bond donors (Lipinski definition) is 1. The number of methoxy groups -OCH3 is 1. The van der Waals surface area contributed by atoms with Crippen molar-refractivity contribution in [2.24, 2.45) is 0 Å². The summed E-state index contributed by atoms with van der Waals surface area (Å²) in [6.45, 7) is 0. The second kappa shape index (κ2) is 4.36. The third kappa shape index (κ3) is 2.00. The van der Waals surface area contributed by atoms with Crippen LogP contribution in [0.2, 0.25) is 5.02 Å². The van der Waals surface area contributed by atoms with Crippen molar-refractivity contribution in [3.8, 4) is 6.07 Å². The third-order valence-electron chi connectivity index (χ3n) is 1.58. The topological polar surface area (TPSA) is 50.1 Å². The van der Waals surface area contributed by atoms with Gasteiger partial charge in [-0.05, 0) is 12.1 Å². The van der Waals surface area contributed by atoms with Gasteiger partial charge in [-0.25, -0.2) is 4.79 Å². The molecule has 0 aromatic heterocycles. The number of nitriles is 1. The number of thiol groups is 1. The first kappa shape index (κ1) is 10.9. The Morgan fingerprint density at radius 1 is 1.64 bits per heavy atom. The van der Waals surface area contributed by atoms with E-state index in [4.69, 9.17) is 16.9 Å². The van der Waals surface area contributed by atoms with E-state index in [1.807, 2.05) is 6.07 Å². The number of rotatable bonds is 1. The van der Waals surface area contributed by atoms with Crippen LogP contribution in [0.25, 0.3) is 0 Å². The lowest BCUT2D eigenvalue weighted by Crippen LogP contribution is -2.05. The second-order valence-electron chi connectivity index (χ2n) is 2.45. The van der Waals surface area contributed by atoms with Crippen molar-refractivity contribution < 1.29 is 9.53 Å². The van der Waals surface area contributed by atoms with Gasteiger partial charge in [-0.1, -0.05) is 11.6 Å². The minimum absolute atomic E-state index is 0.0782. The molecular formula is C9H6ClNO2S. The van der Waals surface area contributed by atoms with Crippen LogP contribution in [0.15, 0.2) is 17.0 Å². The maximum absolute atomic E-state index is 11.2. The fourth-order valence-corrected chi connectivity index (χ4v) is 1.62. The molecule has 0 unspecified atom stereocenters. The number of ether oxygens (including phenoxy) is 1. The molecule has 0 saturated carbocycles. The quantitative estimate of drug-likeness (QED) is 0.592. The minimum Gasteiger partial charge on any atom is -0.465 e. The Morgan fingerprint density at radius 2 is 2.29 bits per heavy atom. The highest BCUT2D eigenvalue weighted by atomic mass is 35.5. The average molecular weight is 228 g/mol. The summed E-state index contributed by atoms with van der Waals surface area (Å²) in [6.07, 6.45) is 0. The van der Waals surface area contributed by atoms with Gasteiger partial charge in [-0.15, -0.1) is 12.6 Å². The molecule has 0 aliphatic heterocycles. The van der Waals surface area contributed by atoms with Crippen molar-refractivity contribution in [2.45, 2.75) is 4.90 Å². The maximum atomic E-state index is 11.2. The van der Waals surface area contributed by atoms with Gasteiger partial charge in [0, 0.05) is 4.90 Å². The molecule has 5 heteroatoms. The molecule has 0 aliphatic carbocycles. The van der Waals surface area contributed by atoms with E-state index in [2.05, 4.69) is 17.4 Å². The first-order chi connectivity index (χ1) is 6.60. The predicted octanol–water partition coefficient (Wildman–Crippen LogP) is 2.29. The molecule has 72 valence electrons. The van der Waals surface area contributed by atoms with Gasteiger partial charge in [0.15, 0.2) is 0 Å². The van der Waals surface area contributed by atoms with E-state index in [-0.39, 0.29) is 16.1 Å². The monoisotopic (exact) mass is 227 g/mol. The van der Waals surface area contributed by atoms with Crippen LogP contribution in [-0.4, -0.2) is 13.1 Å². The van der Waals surface area contributed by atoms with Crippen LogP contribution in [0, 0.1) is 11.3 Å². The first-order valence-corrected chi connectivity index (χ1v) is 4.43. The van der Waals surface area contributed by atoms with Crippen molar-refractivity contribution in [1.82, 2.24) is 0 Å². The van der Waals surface area contributed by atoms with Gasteiger partial charge in [0.2, 0.25) is 0 Å². The van der Waals surface area contributed by atoms with E-state index in [0.29, 0.717) is 4.90 Å². The highest BCUT2D eigenvalue weighted by Crippen LogP contribution is 2.24. The summed E-state index contributed by atoms with van der Waals surface area (Å²) in [7, 11) is 1.23. The molecule has 0 aliphatic rings. The number of carbonyl (C=O) groups excluding carboxylic acids is 1. The zero-order chi connectivity index (χ0) is 10.7. The molecule has 0 radical (unpaired) electrons. The van der Waals surface area contributed by atoms with Gasteiger partial charge in [-0.3, -0.25) is 0 Å². The van der Waals surface area contributed by atoms with E-state index < -0.39 is 5.97 Å². The van der Waals surface area contributed by atoms with Crippen molar-refractivity contribution >= 4 is 30.2 Å². The average Bonchev–Trinajstić information content (AvgIpc) is 2.15. The smallest absolute Gasteiger partial charge is 0.340 e. The molecule has 3 nitrogen and oxygen atoms in total. The number of benzene rings is 1. The molecule has 1 aromatic rings. The van der Waals surface area contributed by atoms with Crippen LogP contribution in [0.5, 0.6) is 0 Å². The zero-order valence-corrected chi connectivity index (χ0v) is 8.89. The Morgan fingerprint density at radius 3 is 2.79 bits per heavy atom. The van der Waals surface area contributed by atoms with E-state index in [1.165, 1.54) is 19.2 Å². The summed E-state index contributed by atoms with van der Waals surface area (Å²) in [5.41, 5.74) is 0.240. The molecule has 0 amide bonds. The summed E-state index contributed by atoms with van der Waals surface area (Å²) in [5, 5.41) is 8.93. The maximum Gasteiger partial charge on any atom is 0.340 e. The lowest BCUT2D eigenvalue weighted by Gasteiger charge is -2.04. The Hall–Kier alpha value is -1.18. The van der Waals surface area contributed by atoms with E-state index in [1.54, 1.807) is 0 Å². The molecule has 0 bridgehead atoms. The van der Waals surface area contributed by atoms with Gasteiger partial charge < -0.3 is 4.74 Å². The van der Waals surface area contributed by atoms with Crippen molar-refractivity contribution in [3.05, 3.63) is 28.3 Å². The van der Waals surface area contributed by atoms with Crippen LogP contribution in [0.4, 0.5) is 0 Å². The summed E-state index contributed by atoms with van der Waals surface area (Å²) < 4.78 is 4.50. The molecule has 1 aromatic carbocycles.